The fourth-order valence-corrected chi connectivity index (χ4v) is 3.48. The van der Waals surface area contributed by atoms with E-state index in [1.165, 1.54) is 11.1 Å². The SMILES string of the molecule is CCNC(=NCC(C)(C)c1ccc(C)cc1)N1CCC(OCCCOC)CC1.I. The Morgan fingerprint density at radius 2 is 1.83 bits per heavy atom. The minimum atomic E-state index is 0. The molecule has 1 aromatic rings. The van der Waals surface area contributed by atoms with Gasteiger partial charge in [-0.15, -0.1) is 24.0 Å². The molecule has 1 aromatic carbocycles. The standard InChI is InChI=1S/C23H39N3O2.HI/c1-6-24-22(25-18-23(3,4)20-10-8-19(2)9-11-20)26-14-12-21(13-15-26)28-17-7-16-27-5;/h8-11,21H,6-7,12-18H2,1-5H3,(H,24,25);1H. The number of methoxy groups -OCH3 is 1. The van der Waals surface area contributed by atoms with Gasteiger partial charge >= 0.3 is 0 Å². The van der Waals surface area contributed by atoms with E-state index in [1.807, 2.05) is 0 Å². The number of benzene rings is 1. The fraction of sp³-hybridized carbons (Fsp3) is 0.696. The molecule has 29 heavy (non-hydrogen) atoms. The number of aliphatic imine (C=N–C) groups is 1. The number of guanidine groups is 1. The molecule has 5 nitrogen and oxygen atoms in total. The van der Waals surface area contributed by atoms with E-state index in [0.29, 0.717) is 6.10 Å². The molecule has 0 aliphatic carbocycles. The average molecular weight is 517 g/mol. The van der Waals surface area contributed by atoms with Gasteiger partial charge in [-0.05, 0) is 38.7 Å². The van der Waals surface area contributed by atoms with Crippen molar-refractivity contribution in [2.24, 2.45) is 4.99 Å². The number of ether oxygens (including phenoxy) is 2. The lowest BCUT2D eigenvalue weighted by Crippen LogP contribution is -2.47. The number of hydrogen-bond donors (Lipinski definition) is 1. The summed E-state index contributed by atoms with van der Waals surface area (Å²) in [5.74, 6) is 1.03. The van der Waals surface area contributed by atoms with E-state index >= 15 is 0 Å². The second kappa shape index (κ2) is 13.4. The molecular formula is C23H40IN3O2. The molecule has 0 amide bonds. The summed E-state index contributed by atoms with van der Waals surface area (Å²) < 4.78 is 11.1. The number of nitrogens with zero attached hydrogens (tertiary/aromatic N) is 2. The Morgan fingerprint density at radius 1 is 1.17 bits per heavy atom. The Hall–Kier alpha value is -0.860. The summed E-state index contributed by atoms with van der Waals surface area (Å²) in [6.45, 7) is 14.0. The van der Waals surface area contributed by atoms with E-state index in [1.54, 1.807) is 7.11 Å². The van der Waals surface area contributed by atoms with Crippen LogP contribution in [0.2, 0.25) is 0 Å². The molecule has 6 heteroatoms. The minimum Gasteiger partial charge on any atom is -0.385 e. The second-order valence-electron chi connectivity index (χ2n) is 8.32. The molecule has 1 aliphatic rings. The Labute approximate surface area is 194 Å². The highest BCUT2D eigenvalue weighted by atomic mass is 127. The van der Waals surface area contributed by atoms with E-state index in [0.717, 1.165) is 64.6 Å². The summed E-state index contributed by atoms with van der Waals surface area (Å²) in [4.78, 5) is 7.37. The van der Waals surface area contributed by atoms with Gasteiger partial charge in [-0.3, -0.25) is 4.99 Å². The van der Waals surface area contributed by atoms with Gasteiger partial charge < -0.3 is 19.7 Å². The van der Waals surface area contributed by atoms with Gasteiger partial charge in [0, 0.05) is 45.4 Å². The van der Waals surface area contributed by atoms with Crippen molar-refractivity contribution in [2.75, 3.05) is 46.5 Å². The smallest absolute Gasteiger partial charge is 0.193 e. The highest BCUT2D eigenvalue weighted by molar-refractivity contribution is 14.0. The quantitative estimate of drug-likeness (QED) is 0.229. The molecule has 1 saturated heterocycles. The molecule has 0 atom stereocenters. The van der Waals surface area contributed by atoms with Crippen LogP contribution in [0, 0.1) is 6.92 Å². The van der Waals surface area contributed by atoms with Gasteiger partial charge in [-0.25, -0.2) is 0 Å². The molecule has 0 radical (unpaired) electrons. The van der Waals surface area contributed by atoms with Crippen molar-refractivity contribution < 1.29 is 9.47 Å². The van der Waals surface area contributed by atoms with E-state index in [2.05, 4.69) is 62.2 Å². The van der Waals surface area contributed by atoms with E-state index in [9.17, 15) is 0 Å². The largest absolute Gasteiger partial charge is 0.385 e. The van der Waals surface area contributed by atoms with Gasteiger partial charge in [0.05, 0.1) is 12.6 Å². The third-order valence-corrected chi connectivity index (χ3v) is 5.38. The van der Waals surface area contributed by atoms with Gasteiger partial charge in [0.15, 0.2) is 5.96 Å². The molecule has 1 aliphatic heterocycles. The lowest BCUT2D eigenvalue weighted by Gasteiger charge is -2.35. The summed E-state index contributed by atoms with van der Waals surface area (Å²) >= 11 is 0. The van der Waals surface area contributed by atoms with Crippen LogP contribution in [0.3, 0.4) is 0 Å². The topological polar surface area (TPSA) is 46.1 Å². The van der Waals surface area contributed by atoms with E-state index < -0.39 is 0 Å². The number of hydrogen-bond acceptors (Lipinski definition) is 3. The molecule has 0 unspecified atom stereocenters. The lowest BCUT2D eigenvalue weighted by atomic mass is 9.84. The van der Waals surface area contributed by atoms with Crippen LogP contribution < -0.4 is 5.32 Å². The van der Waals surface area contributed by atoms with Crippen molar-refractivity contribution in [1.82, 2.24) is 10.2 Å². The first-order valence-corrected chi connectivity index (χ1v) is 10.7. The Kier molecular flexibility index (Phi) is 12.1. The van der Waals surface area contributed by atoms with Crippen LogP contribution in [0.4, 0.5) is 0 Å². The summed E-state index contributed by atoms with van der Waals surface area (Å²) in [5.41, 5.74) is 2.64. The number of likely N-dealkylation sites (tertiary alicyclic amines) is 1. The van der Waals surface area contributed by atoms with Gasteiger partial charge in [0.2, 0.25) is 0 Å². The zero-order chi connectivity index (χ0) is 20.4. The summed E-state index contributed by atoms with van der Waals surface area (Å²) in [6, 6.07) is 8.82. The Morgan fingerprint density at radius 3 is 2.41 bits per heavy atom. The van der Waals surface area contributed by atoms with Gasteiger partial charge in [0.25, 0.3) is 0 Å². The van der Waals surface area contributed by atoms with Crippen LogP contribution in [0.15, 0.2) is 29.3 Å². The second-order valence-corrected chi connectivity index (χ2v) is 8.32. The fourth-order valence-electron chi connectivity index (χ4n) is 3.48. The predicted octanol–water partition coefficient (Wildman–Crippen LogP) is 4.37. The lowest BCUT2D eigenvalue weighted by molar-refractivity contribution is 0.00989. The van der Waals surface area contributed by atoms with Crippen LogP contribution in [0.25, 0.3) is 0 Å². The van der Waals surface area contributed by atoms with Crippen LogP contribution in [-0.4, -0.2) is 63.5 Å². The third-order valence-electron chi connectivity index (χ3n) is 5.38. The zero-order valence-corrected chi connectivity index (χ0v) is 21.2. The normalized spacial score (nSPS) is 15.9. The zero-order valence-electron chi connectivity index (χ0n) is 18.9. The number of halogens is 1. The number of aryl methyl sites for hydroxylation is 1. The average Bonchev–Trinajstić information content (AvgIpc) is 2.69. The first-order chi connectivity index (χ1) is 13.5. The predicted molar refractivity (Wildman–Crippen MR) is 133 cm³/mol. The maximum atomic E-state index is 5.99. The van der Waals surface area contributed by atoms with Gasteiger partial charge in [-0.1, -0.05) is 43.7 Å². The minimum absolute atomic E-state index is 0. The maximum absolute atomic E-state index is 5.99. The number of piperidine rings is 1. The van der Waals surface area contributed by atoms with Crippen molar-refractivity contribution in [3.8, 4) is 0 Å². The van der Waals surface area contributed by atoms with Crippen LogP contribution in [0.5, 0.6) is 0 Å². The number of nitrogens with one attached hydrogen (secondary N) is 1. The maximum Gasteiger partial charge on any atom is 0.193 e. The van der Waals surface area contributed by atoms with Crippen molar-refractivity contribution >= 4 is 29.9 Å². The molecule has 1 heterocycles. The first-order valence-electron chi connectivity index (χ1n) is 10.7. The molecule has 1 fully saturated rings. The van der Waals surface area contributed by atoms with E-state index in [-0.39, 0.29) is 29.4 Å². The van der Waals surface area contributed by atoms with Crippen molar-refractivity contribution in [2.45, 2.75) is 58.5 Å². The molecule has 2 rings (SSSR count). The highest BCUT2D eigenvalue weighted by Gasteiger charge is 2.24. The van der Waals surface area contributed by atoms with Crippen molar-refractivity contribution in [3.05, 3.63) is 35.4 Å². The third kappa shape index (κ3) is 8.80. The molecule has 0 aromatic heterocycles. The van der Waals surface area contributed by atoms with Crippen molar-refractivity contribution in [1.29, 1.82) is 0 Å². The molecular weight excluding hydrogens is 477 g/mol. The van der Waals surface area contributed by atoms with Gasteiger partial charge in [-0.2, -0.15) is 0 Å². The van der Waals surface area contributed by atoms with Gasteiger partial charge in [0.1, 0.15) is 0 Å². The summed E-state index contributed by atoms with van der Waals surface area (Å²) in [6.07, 6.45) is 3.44. The Bertz CT molecular complexity index is 597. The molecule has 0 spiro atoms. The summed E-state index contributed by atoms with van der Waals surface area (Å²) in [5, 5.41) is 3.48. The highest BCUT2D eigenvalue weighted by Crippen LogP contribution is 2.24. The monoisotopic (exact) mass is 517 g/mol. The van der Waals surface area contributed by atoms with Crippen LogP contribution in [-0.2, 0) is 14.9 Å². The molecule has 1 N–H and O–H groups in total. The van der Waals surface area contributed by atoms with Crippen molar-refractivity contribution in [3.63, 3.8) is 0 Å². The molecule has 0 saturated carbocycles. The Balaban J connectivity index is 0.00000420. The number of rotatable bonds is 9. The summed E-state index contributed by atoms with van der Waals surface area (Å²) in [7, 11) is 1.74. The van der Waals surface area contributed by atoms with E-state index in [4.69, 9.17) is 14.5 Å². The molecule has 166 valence electrons. The van der Waals surface area contributed by atoms with Crippen LogP contribution in [0.1, 0.15) is 51.2 Å². The van der Waals surface area contributed by atoms with Crippen LogP contribution >= 0.6 is 24.0 Å². The first kappa shape index (κ1) is 26.2. The molecule has 0 bridgehead atoms.